The van der Waals surface area contributed by atoms with E-state index in [0.29, 0.717) is 5.92 Å². The molecule has 4 heteroatoms. The van der Waals surface area contributed by atoms with Crippen LogP contribution in [0.5, 0.6) is 5.75 Å². The molecule has 0 spiro atoms. The van der Waals surface area contributed by atoms with Gasteiger partial charge in [0, 0.05) is 29.2 Å². The molecular formula is C19H23NO3. The van der Waals surface area contributed by atoms with Gasteiger partial charge in [-0.25, -0.2) is 4.79 Å². The fraction of sp³-hybridized carbons (Fsp3) is 0.421. The first-order valence-electron chi connectivity index (χ1n) is 8.25. The molecule has 0 bridgehead atoms. The lowest BCUT2D eigenvalue weighted by Crippen LogP contribution is -2.14. The maximum atomic E-state index is 10.9. The van der Waals surface area contributed by atoms with Crippen molar-refractivity contribution in [3.8, 4) is 5.75 Å². The van der Waals surface area contributed by atoms with Crippen molar-refractivity contribution in [1.82, 2.24) is 4.57 Å². The third-order valence-corrected chi connectivity index (χ3v) is 4.70. The van der Waals surface area contributed by atoms with Gasteiger partial charge in [0.1, 0.15) is 5.75 Å². The van der Waals surface area contributed by atoms with Crippen molar-refractivity contribution in [3.05, 3.63) is 36.0 Å². The lowest BCUT2D eigenvalue weighted by molar-refractivity contribution is -0.131. The zero-order valence-electron chi connectivity index (χ0n) is 13.5. The van der Waals surface area contributed by atoms with Crippen LogP contribution in [0, 0.1) is 5.92 Å². The molecule has 1 aromatic carbocycles. The number of hydrogen-bond acceptors (Lipinski definition) is 2. The van der Waals surface area contributed by atoms with Crippen LogP contribution in [0.3, 0.4) is 0 Å². The molecule has 2 aromatic rings. The lowest BCUT2D eigenvalue weighted by Gasteiger charge is -2.23. The number of ether oxygens (including phenoxy) is 1. The molecule has 4 nitrogen and oxygen atoms in total. The van der Waals surface area contributed by atoms with Gasteiger partial charge in [-0.05, 0) is 49.1 Å². The third-order valence-electron chi connectivity index (χ3n) is 4.70. The molecule has 1 heterocycles. The molecule has 0 saturated heterocycles. The summed E-state index contributed by atoms with van der Waals surface area (Å²) in [5.41, 5.74) is 2.09. The van der Waals surface area contributed by atoms with Crippen molar-refractivity contribution in [3.63, 3.8) is 0 Å². The summed E-state index contributed by atoms with van der Waals surface area (Å²) < 4.78 is 7.55. The van der Waals surface area contributed by atoms with E-state index in [1.165, 1.54) is 38.2 Å². The average Bonchev–Trinajstić information content (AvgIpc) is 2.90. The van der Waals surface area contributed by atoms with Crippen molar-refractivity contribution in [2.45, 2.75) is 38.6 Å². The summed E-state index contributed by atoms with van der Waals surface area (Å²) in [7, 11) is 1.66. The molecule has 0 amide bonds. The SMILES string of the molecule is COc1ccc2c(c1)cc(/C=C/C(=O)O)n2CC1CCCCC1. The maximum Gasteiger partial charge on any atom is 0.328 e. The fourth-order valence-electron chi connectivity index (χ4n) is 3.52. The van der Waals surface area contributed by atoms with E-state index in [0.717, 1.165) is 28.9 Å². The van der Waals surface area contributed by atoms with Crippen LogP contribution >= 0.6 is 0 Å². The van der Waals surface area contributed by atoms with E-state index < -0.39 is 5.97 Å². The molecule has 122 valence electrons. The van der Waals surface area contributed by atoms with Crippen molar-refractivity contribution in [1.29, 1.82) is 0 Å². The van der Waals surface area contributed by atoms with Gasteiger partial charge in [-0.1, -0.05) is 19.3 Å². The Morgan fingerprint density at radius 2 is 2.09 bits per heavy atom. The zero-order chi connectivity index (χ0) is 16.2. The first-order chi connectivity index (χ1) is 11.2. The van der Waals surface area contributed by atoms with E-state index >= 15 is 0 Å². The van der Waals surface area contributed by atoms with Crippen molar-refractivity contribution >= 4 is 22.9 Å². The van der Waals surface area contributed by atoms with E-state index in [1.807, 2.05) is 18.2 Å². The van der Waals surface area contributed by atoms with Crippen LogP contribution in [-0.4, -0.2) is 22.8 Å². The Morgan fingerprint density at radius 1 is 1.30 bits per heavy atom. The summed E-state index contributed by atoms with van der Waals surface area (Å²) in [5, 5.41) is 10.0. The standard InChI is InChI=1S/C19H23NO3/c1-23-17-8-9-18-15(12-17)11-16(7-10-19(21)22)20(18)13-14-5-3-2-4-6-14/h7-12,14H,2-6,13H2,1H3,(H,21,22)/b10-7+. The number of aliphatic carboxylic acids is 1. The van der Waals surface area contributed by atoms with E-state index in [9.17, 15) is 4.79 Å². The highest BCUT2D eigenvalue weighted by atomic mass is 16.5. The third kappa shape index (κ3) is 3.58. The number of carboxylic acids is 1. The smallest absolute Gasteiger partial charge is 0.328 e. The number of rotatable bonds is 5. The largest absolute Gasteiger partial charge is 0.497 e. The van der Waals surface area contributed by atoms with Gasteiger partial charge in [-0.15, -0.1) is 0 Å². The maximum absolute atomic E-state index is 10.9. The van der Waals surface area contributed by atoms with E-state index in [-0.39, 0.29) is 0 Å². The number of carbonyl (C=O) groups is 1. The molecule has 3 rings (SSSR count). The molecule has 0 radical (unpaired) electrons. The first-order valence-corrected chi connectivity index (χ1v) is 8.25. The zero-order valence-corrected chi connectivity index (χ0v) is 13.5. The van der Waals surface area contributed by atoms with E-state index in [2.05, 4.69) is 10.6 Å². The number of carboxylic acid groups (broad SMARTS) is 1. The van der Waals surface area contributed by atoms with Crippen LogP contribution in [0.2, 0.25) is 0 Å². The predicted molar refractivity (Wildman–Crippen MR) is 91.7 cm³/mol. The average molecular weight is 313 g/mol. The number of fused-ring (bicyclic) bond motifs is 1. The molecule has 1 aliphatic rings. The molecule has 0 unspecified atom stereocenters. The number of aromatic nitrogens is 1. The molecular weight excluding hydrogens is 290 g/mol. The van der Waals surface area contributed by atoms with Gasteiger partial charge >= 0.3 is 5.97 Å². The van der Waals surface area contributed by atoms with Gasteiger partial charge in [0.25, 0.3) is 0 Å². The summed E-state index contributed by atoms with van der Waals surface area (Å²) in [5.74, 6) is 0.580. The monoisotopic (exact) mass is 313 g/mol. The Kier molecular flexibility index (Phi) is 4.70. The highest BCUT2D eigenvalue weighted by molar-refractivity contribution is 5.89. The molecule has 1 aromatic heterocycles. The Balaban J connectivity index is 1.99. The predicted octanol–water partition coefficient (Wildman–Crippen LogP) is 4.33. The van der Waals surface area contributed by atoms with Crippen LogP contribution in [0.4, 0.5) is 0 Å². The number of benzene rings is 1. The quantitative estimate of drug-likeness (QED) is 0.836. The van der Waals surface area contributed by atoms with Crippen molar-refractivity contribution in [2.75, 3.05) is 7.11 Å². The number of methoxy groups -OCH3 is 1. The van der Waals surface area contributed by atoms with Crippen LogP contribution in [-0.2, 0) is 11.3 Å². The molecule has 1 fully saturated rings. The summed E-state index contributed by atoms with van der Waals surface area (Å²) >= 11 is 0. The van der Waals surface area contributed by atoms with Gasteiger partial charge < -0.3 is 14.4 Å². The molecule has 1 aliphatic carbocycles. The van der Waals surface area contributed by atoms with Gasteiger partial charge in [-0.3, -0.25) is 0 Å². The second kappa shape index (κ2) is 6.90. The second-order valence-corrected chi connectivity index (χ2v) is 6.28. The van der Waals surface area contributed by atoms with Crippen molar-refractivity contribution in [2.24, 2.45) is 5.92 Å². The van der Waals surface area contributed by atoms with Crippen LogP contribution in [0.25, 0.3) is 17.0 Å². The van der Waals surface area contributed by atoms with Crippen LogP contribution in [0.15, 0.2) is 30.3 Å². The van der Waals surface area contributed by atoms with Gasteiger partial charge in [-0.2, -0.15) is 0 Å². The minimum atomic E-state index is -0.919. The van der Waals surface area contributed by atoms with Gasteiger partial charge in [0.2, 0.25) is 0 Å². The first kappa shape index (κ1) is 15.7. The Bertz CT molecular complexity index is 724. The lowest BCUT2D eigenvalue weighted by atomic mass is 9.89. The molecule has 0 aliphatic heterocycles. The minimum Gasteiger partial charge on any atom is -0.497 e. The Hall–Kier alpha value is -2.23. The van der Waals surface area contributed by atoms with Gasteiger partial charge in [0.15, 0.2) is 0 Å². The summed E-state index contributed by atoms with van der Waals surface area (Å²) in [6, 6.07) is 8.07. The Morgan fingerprint density at radius 3 is 2.78 bits per heavy atom. The van der Waals surface area contributed by atoms with Gasteiger partial charge in [0.05, 0.1) is 7.11 Å². The van der Waals surface area contributed by atoms with Crippen LogP contribution in [0.1, 0.15) is 37.8 Å². The van der Waals surface area contributed by atoms with E-state index in [4.69, 9.17) is 9.84 Å². The van der Waals surface area contributed by atoms with Crippen LogP contribution < -0.4 is 4.74 Å². The van der Waals surface area contributed by atoms with Crippen molar-refractivity contribution < 1.29 is 14.6 Å². The molecule has 0 atom stereocenters. The molecule has 23 heavy (non-hydrogen) atoms. The molecule has 1 N–H and O–H groups in total. The summed E-state index contributed by atoms with van der Waals surface area (Å²) in [6.45, 7) is 0.953. The highest BCUT2D eigenvalue weighted by Gasteiger charge is 2.17. The fourth-order valence-corrected chi connectivity index (χ4v) is 3.52. The topological polar surface area (TPSA) is 51.5 Å². The highest BCUT2D eigenvalue weighted by Crippen LogP contribution is 2.30. The number of nitrogens with zero attached hydrogens (tertiary/aromatic N) is 1. The summed E-state index contributed by atoms with van der Waals surface area (Å²) in [6.07, 6.45) is 9.37. The van der Waals surface area contributed by atoms with E-state index in [1.54, 1.807) is 13.2 Å². The number of hydrogen-bond donors (Lipinski definition) is 1. The Labute approximate surface area is 136 Å². The minimum absolute atomic E-state index is 0.679. The molecule has 1 saturated carbocycles. The second-order valence-electron chi connectivity index (χ2n) is 6.28. The summed E-state index contributed by atoms with van der Waals surface area (Å²) in [4.78, 5) is 10.9. The normalized spacial score (nSPS) is 16.2.